The van der Waals surface area contributed by atoms with Crippen LogP contribution in [0, 0.1) is 6.92 Å². The molecule has 0 saturated carbocycles. The van der Waals surface area contributed by atoms with Crippen LogP contribution in [-0.4, -0.2) is 58.6 Å². The van der Waals surface area contributed by atoms with Crippen molar-refractivity contribution in [1.82, 2.24) is 19.9 Å². The van der Waals surface area contributed by atoms with Crippen LogP contribution >= 0.6 is 0 Å². The van der Waals surface area contributed by atoms with Crippen LogP contribution in [0.3, 0.4) is 0 Å². The fourth-order valence-corrected chi connectivity index (χ4v) is 3.41. The number of carbonyl (C=O) groups is 1. The Kier molecular flexibility index (Phi) is 5.50. The highest BCUT2D eigenvalue weighted by Crippen LogP contribution is 2.21. The molecule has 0 radical (unpaired) electrons. The molecule has 132 valence electrons. The second-order valence-corrected chi connectivity index (χ2v) is 6.64. The van der Waals surface area contributed by atoms with Crippen molar-refractivity contribution >= 4 is 5.91 Å². The van der Waals surface area contributed by atoms with Crippen LogP contribution in [0.2, 0.25) is 0 Å². The van der Waals surface area contributed by atoms with Crippen LogP contribution < -0.4 is 0 Å². The van der Waals surface area contributed by atoms with E-state index < -0.39 is 0 Å². The van der Waals surface area contributed by atoms with Gasteiger partial charge in [0.05, 0.1) is 25.0 Å². The summed E-state index contributed by atoms with van der Waals surface area (Å²) in [6.07, 6.45) is 6.47. The topological polar surface area (TPSA) is 71.7 Å². The van der Waals surface area contributed by atoms with Crippen molar-refractivity contribution in [2.24, 2.45) is 0 Å². The monoisotopic (exact) mass is 334 g/mol. The molecule has 0 aliphatic carbocycles. The first-order valence-electron chi connectivity index (χ1n) is 8.73. The van der Waals surface area contributed by atoms with Crippen LogP contribution in [0.25, 0.3) is 0 Å². The van der Waals surface area contributed by atoms with Crippen molar-refractivity contribution in [3.8, 4) is 0 Å². The third-order valence-corrected chi connectivity index (χ3v) is 4.78. The van der Waals surface area contributed by atoms with E-state index in [4.69, 9.17) is 9.26 Å². The molecule has 1 atom stereocenters. The number of likely N-dealkylation sites (tertiary alicyclic amines) is 1. The molecule has 1 aromatic heterocycles. The maximum Gasteiger partial charge on any atom is 0.252 e. The summed E-state index contributed by atoms with van der Waals surface area (Å²) in [4.78, 5) is 21.1. The Labute approximate surface area is 142 Å². The summed E-state index contributed by atoms with van der Waals surface area (Å²) in [6, 6.07) is 0.429. The van der Waals surface area contributed by atoms with Gasteiger partial charge in [-0.05, 0) is 39.2 Å². The quantitative estimate of drug-likeness (QED) is 0.837. The standard InChI is InChI=1S/C17H26N4O3/c1-13-18-16(19-24-13)11-20(2)15-6-3-8-21(9-7-15)17(22)14-5-4-10-23-12-14/h12,15H,3-11H2,1-2H3. The van der Waals surface area contributed by atoms with E-state index in [0.29, 0.717) is 18.5 Å². The minimum absolute atomic E-state index is 0.145. The molecule has 1 amide bonds. The summed E-state index contributed by atoms with van der Waals surface area (Å²) in [5.41, 5.74) is 0.815. The van der Waals surface area contributed by atoms with Crippen molar-refractivity contribution in [3.63, 3.8) is 0 Å². The number of nitrogens with zero attached hydrogens (tertiary/aromatic N) is 4. The molecule has 0 spiro atoms. The van der Waals surface area contributed by atoms with E-state index in [-0.39, 0.29) is 5.91 Å². The first kappa shape index (κ1) is 17.0. The average molecular weight is 334 g/mol. The molecule has 1 aromatic rings. The van der Waals surface area contributed by atoms with E-state index in [1.807, 2.05) is 4.90 Å². The number of aryl methyl sites for hydroxylation is 1. The smallest absolute Gasteiger partial charge is 0.252 e. The van der Waals surface area contributed by atoms with E-state index >= 15 is 0 Å². The lowest BCUT2D eigenvalue weighted by Gasteiger charge is -2.26. The summed E-state index contributed by atoms with van der Waals surface area (Å²) in [7, 11) is 2.09. The SMILES string of the molecule is Cc1nc(CN(C)C2CCCN(C(=O)C3=COCCC3)CC2)no1. The summed E-state index contributed by atoms with van der Waals surface area (Å²) in [5, 5.41) is 3.96. The number of carbonyl (C=O) groups excluding carboxylic acids is 1. The highest BCUT2D eigenvalue weighted by atomic mass is 16.5. The first-order chi connectivity index (χ1) is 11.6. The number of rotatable bonds is 4. The molecule has 3 heterocycles. The van der Waals surface area contributed by atoms with E-state index in [1.54, 1.807) is 13.2 Å². The van der Waals surface area contributed by atoms with Gasteiger partial charge in [-0.2, -0.15) is 4.98 Å². The van der Waals surface area contributed by atoms with Crippen molar-refractivity contribution in [2.75, 3.05) is 26.7 Å². The van der Waals surface area contributed by atoms with Crippen molar-refractivity contribution in [3.05, 3.63) is 23.6 Å². The predicted octanol–water partition coefficient (Wildman–Crippen LogP) is 1.89. The highest BCUT2D eigenvalue weighted by molar-refractivity contribution is 5.93. The van der Waals surface area contributed by atoms with Gasteiger partial charge in [0.15, 0.2) is 5.82 Å². The molecule has 1 unspecified atom stereocenters. The fraction of sp³-hybridized carbons (Fsp3) is 0.706. The van der Waals surface area contributed by atoms with Crippen LogP contribution in [0.5, 0.6) is 0 Å². The molecule has 2 aliphatic heterocycles. The fourth-order valence-electron chi connectivity index (χ4n) is 3.41. The molecule has 0 N–H and O–H groups in total. The maximum atomic E-state index is 12.6. The van der Waals surface area contributed by atoms with E-state index in [9.17, 15) is 4.79 Å². The van der Waals surface area contributed by atoms with Gasteiger partial charge in [0.2, 0.25) is 5.89 Å². The maximum absolute atomic E-state index is 12.6. The lowest BCUT2D eigenvalue weighted by atomic mass is 10.1. The first-order valence-corrected chi connectivity index (χ1v) is 8.73. The Hall–Kier alpha value is -1.89. The lowest BCUT2D eigenvalue weighted by molar-refractivity contribution is -0.127. The molecule has 0 bridgehead atoms. The zero-order valence-electron chi connectivity index (χ0n) is 14.5. The Morgan fingerprint density at radius 3 is 2.96 bits per heavy atom. The third-order valence-electron chi connectivity index (χ3n) is 4.78. The Morgan fingerprint density at radius 1 is 1.38 bits per heavy atom. The number of hydrogen-bond acceptors (Lipinski definition) is 6. The van der Waals surface area contributed by atoms with Gasteiger partial charge in [-0.3, -0.25) is 9.69 Å². The average Bonchev–Trinajstić information content (AvgIpc) is 2.86. The summed E-state index contributed by atoms with van der Waals surface area (Å²) in [5.74, 6) is 1.46. The van der Waals surface area contributed by atoms with Crippen molar-refractivity contribution in [1.29, 1.82) is 0 Å². The van der Waals surface area contributed by atoms with Gasteiger partial charge in [-0.25, -0.2) is 0 Å². The summed E-state index contributed by atoms with van der Waals surface area (Å²) in [6.45, 7) is 4.81. The summed E-state index contributed by atoms with van der Waals surface area (Å²) >= 11 is 0. The molecule has 1 saturated heterocycles. The zero-order valence-corrected chi connectivity index (χ0v) is 14.5. The second-order valence-electron chi connectivity index (χ2n) is 6.64. The minimum atomic E-state index is 0.145. The number of amides is 1. The van der Waals surface area contributed by atoms with Crippen LogP contribution in [0.15, 0.2) is 16.4 Å². The second kappa shape index (κ2) is 7.79. The normalized spacial score (nSPS) is 22.0. The van der Waals surface area contributed by atoms with E-state index in [0.717, 1.165) is 63.2 Å². The number of aromatic nitrogens is 2. The van der Waals surface area contributed by atoms with Gasteiger partial charge < -0.3 is 14.2 Å². The molecule has 7 heteroatoms. The number of hydrogen-bond donors (Lipinski definition) is 0. The minimum Gasteiger partial charge on any atom is -0.501 e. The van der Waals surface area contributed by atoms with Crippen molar-refractivity contribution in [2.45, 2.75) is 51.6 Å². The Bertz CT molecular complexity index is 598. The number of ether oxygens (including phenoxy) is 1. The molecular formula is C17H26N4O3. The van der Waals surface area contributed by atoms with Gasteiger partial charge in [0.25, 0.3) is 5.91 Å². The van der Waals surface area contributed by atoms with Gasteiger partial charge in [-0.15, -0.1) is 0 Å². The molecule has 0 aromatic carbocycles. The molecular weight excluding hydrogens is 308 g/mol. The molecule has 1 fully saturated rings. The Balaban J connectivity index is 1.54. The van der Waals surface area contributed by atoms with Gasteiger partial charge in [0.1, 0.15) is 0 Å². The van der Waals surface area contributed by atoms with Gasteiger partial charge in [0, 0.05) is 26.1 Å². The molecule has 2 aliphatic rings. The van der Waals surface area contributed by atoms with Crippen LogP contribution in [0.1, 0.15) is 43.8 Å². The zero-order chi connectivity index (χ0) is 16.9. The Morgan fingerprint density at radius 2 is 2.25 bits per heavy atom. The van der Waals surface area contributed by atoms with E-state index in [2.05, 4.69) is 22.1 Å². The van der Waals surface area contributed by atoms with Crippen LogP contribution in [-0.2, 0) is 16.1 Å². The molecule has 3 rings (SSSR count). The van der Waals surface area contributed by atoms with Crippen molar-refractivity contribution < 1.29 is 14.1 Å². The van der Waals surface area contributed by atoms with Gasteiger partial charge >= 0.3 is 0 Å². The van der Waals surface area contributed by atoms with Crippen LogP contribution in [0.4, 0.5) is 0 Å². The predicted molar refractivity (Wildman–Crippen MR) is 88.0 cm³/mol. The van der Waals surface area contributed by atoms with Gasteiger partial charge in [-0.1, -0.05) is 5.16 Å². The molecule has 24 heavy (non-hydrogen) atoms. The highest BCUT2D eigenvalue weighted by Gasteiger charge is 2.26. The largest absolute Gasteiger partial charge is 0.501 e. The molecule has 7 nitrogen and oxygen atoms in total. The van der Waals surface area contributed by atoms with E-state index in [1.165, 1.54) is 0 Å². The summed E-state index contributed by atoms with van der Waals surface area (Å²) < 4.78 is 10.3. The third kappa shape index (κ3) is 4.14. The lowest BCUT2D eigenvalue weighted by Crippen LogP contribution is -2.36.